The quantitative estimate of drug-likeness (QED) is 0.459. The first-order chi connectivity index (χ1) is 13.7. The third kappa shape index (κ3) is 9.66. The third-order valence-corrected chi connectivity index (χ3v) is 5.35. The number of ether oxygens (including phenoxy) is 1. The number of rotatable bonds is 8. The van der Waals surface area contributed by atoms with Gasteiger partial charge in [0.2, 0.25) is 5.91 Å². The summed E-state index contributed by atoms with van der Waals surface area (Å²) in [6, 6.07) is 0. The lowest BCUT2D eigenvalue weighted by atomic mass is 9.93. The van der Waals surface area contributed by atoms with E-state index in [0.29, 0.717) is 38.1 Å². The van der Waals surface area contributed by atoms with Gasteiger partial charge in [-0.05, 0) is 51.1 Å². The zero-order valence-electron chi connectivity index (χ0n) is 17.4. The van der Waals surface area contributed by atoms with Gasteiger partial charge in [0.15, 0.2) is 5.96 Å². The summed E-state index contributed by atoms with van der Waals surface area (Å²) in [6.45, 7) is 2.29. The van der Waals surface area contributed by atoms with Crippen molar-refractivity contribution < 1.29 is 22.7 Å². The summed E-state index contributed by atoms with van der Waals surface area (Å²) >= 11 is 0. The van der Waals surface area contributed by atoms with Gasteiger partial charge in [0.05, 0.1) is 12.6 Å². The Hall–Kier alpha value is -1.55. The first-order valence-corrected chi connectivity index (χ1v) is 10.4. The molecule has 2 rings (SSSR count). The number of alkyl halides is 3. The third-order valence-electron chi connectivity index (χ3n) is 5.35. The molecule has 2 N–H and O–H groups in total. The van der Waals surface area contributed by atoms with Crippen LogP contribution in [0.4, 0.5) is 13.2 Å². The molecule has 2 aliphatic rings. The highest BCUT2D eigenvalue weighted by Crippen LogP contribution is 2.23. The van der Waals surface area contributed by atoms with Crippen LogP contribution >= 0.6 is 0 Å². The Morgan fingerprint density at radius 3 is 2.52 bits per heavy atom. The summed E-state index contributed by atoms with van der Waals surface area (Å²) in [5.41, 5.74) is 0. The highest BCUT2D eigenvalue weighted by atomic mass is 19.4. The van der Waals surface area contributed by atoms with Gasteiger partial charge in [-0.25, -0.2) is 4.99 Å². The summed E-state index contributed by atoms with van der Waals surface area (Å²) < 4.78 is 43.1. The van der Waals surface area contributed by atoms with E-state index in [-0.39, 0.29) is 18.6 Å². The largest absolute Gasteiger partial charge is 0.401 e. The molecular weight excluding hydrogens is 387 g/mol. The molecule has 0 aromatic carbocycles. The van der Waals surface area contributed by atoms with Gasteiger partial charge < -0.3 is 20.3 Å². The molecular formula is C19H34F3N5O2. The maximum Gasteiger partial charge on any atom is 0.401 e. The predicted octanol–water partition coefficient (Wildman–Crippen LogP) is 1.45. The number of likely N-dealkylation sites (tertiary alicyclic amines) is 1. The minimum atomic E-state index is -4.13. The molecule has 1 atom stereocenters. The monoisotopic (exact) mass is 421 g/mol. The average molecular weight is 422 g/mol. The first-order valence-electron chi connectivity index (χ1n) is 10.4. The number of nitrogens with zero attached hydrogens (tertiary/aromatic N) is 3. The molecule has 0 spiro atoms. The van der Waals surface area contributed by atoms with Gasteiger partial charge in [-0.1, -0.05) is 0 Å². The summed E-state index contributed by atoms with van der Waals surface area (Å²) in [4.78, 5) is 19.1. The summed E-state index contributed by atoms with van der Waals surface area (Å²) in [6.07, 6.45) is 0.496. The molecule has 1 amide bonds. The topological polar surface area (TPSA) is 69.2 Å². The molecule has 2 fully saturated rings. The number of carbonyl (C=O) groups excluding carboxylic acids is 1. The second-order valence-corrected chi connectivity index (χ2v) is 8.02. The lowest BCUT2D eigenvalue weighted by molar-refractivity contribution is -0.148. The van der Waals surface area contributed by atoms with Gasteiger partial charge in [0.1, 0.15) is 6.54 Å². The molecule has 10 heteroatoms. The number of likely N-dealkylation sites (N-methyl/N-ethyl adjacent to an activating group) is 1. The fourth-order valence-electron chi connectivity index (χ4n) is 3.56. The van der Waals surface area contributed by atoms with E-state index >= 15 is 0 Å². The van der Waals surface area contributed by atoms with Crippen molar-refractivity contribution >= 4 is 11.9 Å². The summed E-state index contributed by atoms with van der Waals surface area (Å²) in [5, 5.41) is 6.49. The lowest BCUT2D eigenvalue weighted by Crippen LogP contribution is -2.43. The number of hydrogen-bond donors (Lipinski definition) is 2. The second-order valence-electron chi connectivity index (χ2n) is 8.02. The number of piperidine rings is 1. The maximum atomic E-state index is 12.5. The standard InChI is InChI=1S/C19H34F3N5O2/c1-26(2)17(28)13-25-18(24-12-16-4-3-11-29-16)23-8-5-15-6-9-27(10-7-15)14-19(20,21)22/h15-16H,3-14H2,1-2H3,(H2,23,24,25). The van der Waals surface area contributed by atoms with Gasteiger partial charge in [0, 0.05) is 33.8 Å². The van der Waals surface area contributed by atoms with Crippen LogP contribution < -0.4 is 10.6 Å². The van der Waals surface area contributed by atoms with Crippen molar-refractivity contribution in [2.45, 2.75) is 44.4 Å². The number of amides is 1. The van der Waals surface area contributed by atoms with Crippen molar-refractivity contribution in [3.05, 3.63) is 0 Å². The molecule has 0 aromatic heterocycles. The van der Waals surface area contributed by atoms with E-state index in [1.54, 1.807) is 14.1 Å². The molecule has 0 saturated carbocycles. The SMILES string of the molecule is CN(C)C(=O)CN=C(NCCC1CCN(CC(F)(F)F)CC1)NCC1CCCO1. The van der Waals surface area contributed by atoms with Crippen LogP contribution in [0.15, 0.2) is 4.99 Å². The molecule has 0 radical (unpaired) electrons. The van der Waals surface area contributed by atoms with E-state index in [1.807, 2.05) is 0 Å². The fourth-order valence-corrected chi connectivity index (χ4v) is 3.56. The number of aliphatic imine (C=N–C) groups is 1. The Bertz CT molecular complexity index is 528. The molecule has 0 bridgehead atoms. The van der Waals surface area contributed by atoms with Crippen molar-refractivity contribution in [3.8, 4) is 0 Å². The van der Waals surface area contributed by atoms with E-state index in [0.717, 1.165) is 38.7 Å². The van der Waals surface area contributed by atoms with Crippen LogP contribution in [0.2, 0.25) is 0 Å². The van der Waals surface area contributed by atoms with Crippen molar-refractivity contribution in [1.29, 1.82) is 0 Å². The molecule has 1 unspecified atom stereocenters. The molecule has 7 nitrogen and oxygen atoms in total. The maximum absolute atomic E-state index is 12.5. The van der Waals surface area contributed by atoms with Gasteiger partial charge in [0.25, 0.3) is 0 Å². The molecule has 2 aliphatic heterocycles. The fraction of sp³-hybridized carbons (Fsp3) is 0.895. The van der Waals surface area contributed by atoms with E-state index in [9.17, 15) is 18.0 Å². The van der Waals surface area contributed by atoms with E-state index in [4.69, 9.17) is 4.74 Å². The van der Waals surface area contributed by atoms with Crippen LogP contribution in [0.1, 0.15) is 32.1 Å². The van der Waals surface area contributed by atoms with Gasteiger partial charge in [-0.3, -0.25) is 9.69 Å². The van der Waals surface area contributed by atoms with E-state index in [1.165, 1.54) is 9.80 Å². The van der Waals surface area contributed by atoms with E-state index < -0.39 is 12.7 Å². The Kier molecular flexibility index (Phi) is 9.48. The number of halogens is 3. The Balaban J connectivity index is 1.73. The normalized spacial score (nSPS) is 22.0. The Morgan fingerprint density at radius 2 is 1.93 bits per heavy atom. The van der Waals surface area contributed by atoms with Crippen molar-refractivity contribution in [2.24, 2.45) is 10.9 Å². The smallest absolute Gasteiger partial charge is 0.376 e. The van der Waals surface area contributed by atoms with Gasteiger partial charge in [-0.15, -0.1) is 0 Å². The van der Waals surface area contributed by atoms with Crippen LogP contribution in [0, 0.1) is 5.92 Å². The molecule has 0 aliphatic carbocycles. The Labute approximate surface area is 171 Å². The zero-order valence-corrected chi connectivity index (χ0v) is 17.4. The minimum Gasteiger partial charge on any atom is -0.376 e. The molecule has 2 saturated heterocycles. The first kappa shape index (κ1) is 23.7. The number of guanidine groups is 1. The predicted molar refractivity (Wildman–Crippen MR) is 106 cm³/mol. The minimum absolute atomic E-state index is 0.0592. The molecule has 29 heavy (non-hydrogen) atoms. The highest BCUT2D eigenvalue weighted by Gasteiger charge is 2.32. The number of carbonyl (C=O) groups is 1. The molecule has 2 heterocycles. The van der Waals surface area contributed by atoms with Crippen LogP contribution in [0.25, 0.3) is 0 Å². The van der Waals surface area contributed by atoms with Crippen LogP contribution in [0.5, 0.6) is 0 Å². The average Bonchev–Trinajstić information content (AvgIpc) is 3.16. The van der Waals surface area contributed by atoms with Gasteiger partial charge >= 0.3 is 6.18 Å². The summed E-state index contributed by atoms with van der Waals surface area (Å²) in [5.74, 6) is 0.889. The molecule has 0 aromatic rings. The van der Waals surface area contributed by atoms with Crippen molar-refractivity contribution in [1.82, 2.24) is 20.4 Å². The summed E-state index contributed by atoms with van der Waals surface area (Å²) in [7, 11) is 3.38. The van der Waals surface area contributed by atoms with Crippen LogP contribution in [-0.2, 0) is 9.53 Å². The lowest BCUT2D eigenvalue weighted by Gasteiger charge is -2.32. The number of nitrogens with one attached hydrogen (secondary N) is 2. The van der Waals surface area contributed by atoms with Crippen LogP contribution in [0.3, 0.4) is 0 Å². The van der Waals surface area contributed by atoms with E-state index in [2.05, 4.69) is 15.6 Å². The highest BCUT2D eigenvalue weighted by molar-refractivity contribution is 5.84. The zero-order chi connectivity index (χ0) is 21.3. The van der Waals surface area contributed by atoms with Gasteiger partial charge in [-0.2, -0.15) is 13.2 Å². The number of hydrogen-bond acceptors (Lipinski definition) is 4. The van der Waals surface area contributed by atoms with Crippen molar-refractivity contribution in [2.75, 3.05) is 60.0 Å². The Morgan fingerprint density at radius 1 is 1.21 bits per heavy atom. The second kappa shape index (κ2) is 11.6. The van der Waals surface area contributed by atoms with Crippen molar-refractivity contribution in [3.63, 3.8) is 0 Å². The molecule has 168 valence electrons. The van der Waals surface area contributed by atoms with Crippen LogP contribution in [-0.4, -0.2) is 93.9 Å².